The van der Waals surface area contributed by atoms with Crippen LogP contribution in [-0.4, -0.2) is 86.9 Å². The van der Waals surface area contributed by atoms with Crippen LogP contribution in [0.25, 0.3) is 0 Å². The molecule has 0 spiro atoms. The quantitative estimate of drug-likeness (QED) is 0.347. The first-order valence-electron chi connectivity index (χ1n) is 9.33. The maximum atomic E-state index is 5.66. The average molecular weight is 453 g/mol. The second-order valence-electron chi connectivity index (χ2n) is 6.55. The second-order valence-corrected chi connectivity index (χ2v) is 6.55. The molecule has 0 saturated carbocycles. The van der Waals surface area contributed by atoms with Gasteiger partial charge < -0.3 is 20.3 Å². The molecular formula is C17H36IN5O. The van der Waals surface area contributed by atoms with Crippen LogP contribution in [-0.2, 0) is 4.74 Å². The first-order valence-corrected chi connectivity index (χ1v) is 9.33. The van der Waals surface area contributed by atoms with E-state index in [-0.39, 0.29) is 24.0 Å². The van der Waals surface area contributed by atoms with Crippen molar-refractivity contribution in [1.82, 2.24) is 20.4 Å². The van der Waals surface area contributed by atoms with Gasteiger partial charge in [0, 0.05) is 51.9 Å². The van der Waals surface area contributed by atoms with Gasteiger partial charge in [0.1, 0.15) is 0 Å². The highest BCUT2D eigenvalue weighted by Gasteiger charge is 2.20. The van der Waals surface area contributed by atoms with Crippen LogP contribution in [0.1, 0.15) is 33.6 Å². The van der Waals surface area contributed by atoms with Gasteiger partial charge in [-0.2, -0.15) is 0 Å². The van der Waals surface area contributed by atoms with Crippen molar-refractivity contribution in [3.8, 4) is 0 Å². The van der Waals surface area contributed by atoms with Gasteiger partial charge in [-0.3, -0.25) is 9.89 Å². The van der Waals surface area contributed by atoms with Crippen molar-refractivity contribution >= 4 is 29.9 Å². The van der Waals surface area contributed by atoms with Gasteiger partial charge in [-0.15, -0.1) is 24.0 Å². The minimum absolute atomic E-state index is 0. The fourth-order valence-electron chi connectivity index (χ4n) is 3.22. The topological polar surface area (TPSA) is 52.1 Å². The molecule has 2 heterocycles. The molecule has 2 aliphatic heterocycles. The molecule has 0 aromatic carbocycles. The minimum Gasteiger partial charge on any atom is -0.376 e. The van der Waals surface area contributed by atoms with Crippen molar-refractivity contribution in [2.24, 2.45) is 4.99 Å². The highest BCUT2D eigenvalue weighted by atomic mass is 127. The van der Waals surface area contributed by atoms with E-state index in [9.17, 15) is 0 Å². The maximum absolute atomic E-state index is 5.66. The molecule has 0 aromatic rings. The van der Waals surface area contributed by atoms with Crippen molar-refractivity contribution in [2.75, 3.05) is 59.0 Å². The average Bonchev–Trinajstić information content (AvgIpc) is 3.10. The zero-order valence-corrected chi connectivity index (χ0v) is 17.9. The van der Waals surface area contributed by atoms with E-state index in [1.165, 1.54) is 19.5 Å². The number of rotatable bonds is 7. The third kappa shape index (κ3) is 7.41. The number of guanidine groups is 1. The van der Waals surface area contributed by atoms with Crippen LogP contribution >= 0.6 is 24.0 Å². The van der Waals surface area contributed by atoms with Crippen molar-refractivity contribution in [3.63, 3.8) is 0 Å². The molecule has 0 bridgehead atoms. The van der Waals surface area contributed by atoms with Gasteiger partial charge in [-0.25, -0.2) is 0 Å². The van der Waals surface area contributed by atoms with Crippen molar-refractivity contribution < 1.29 is 4.74 Å². The first-order chi connectivity index (χ1) is 11.2. The number of hydrogen-bond donors (Lipinski definition) is 2. The Morgan fingerprint density at radius 1 is 1.21 bits per heavy atom. The van der Waals surface area contributed by atoms with Gasteiger partial charge in [0.25, 0.3) is 0 Å². The lowest BCUT2D eigenvalue weighted by Gasteiger charge is -2.37. The molecule has 2 saturated heterocycles. The summed E-state index contributed by atoms with van der Waals surface area (Å²) in [6.45, 7) is 16.0. The highest BCUT2D eigenvalue weighted by Crippen LogP contribution is 2.10. The normalized spacial score (nSPS) is 24.5. The molecule has 2 atom stereocenters. The number of aliphatic imine (C=N–C) groups is 1. The summed E-state index contributed by atoms with van der Waals surface area (Å²) >= 11 is 0. The second kappa shape index (κ2) is 12.3. The van der Waals surface area contributed by atoms with Crippen LogP contribution in [0, 0.1) is 0 Å². The number of piperazine rings is 1. The van der Waals surface area contributed by atoms with Gasteiger partial charge >= 0.3 is 0 Å². The Bertz CT molecular complexity index is 355. The van der Waals surface area contributed by atoms with Gasteiger partial charge in [-0.1, -0.05) is 6.92 Å². The first kappa shape index (κ1) is 21.9. The Labute approximate surface area is 164 Å². The zero-order valence-electron chi connectivity index (χ0n) is 15.6. The Morgan fingerprint density at radius 3 is 2.54 bits per heavy atom. The Hall–Kier alpha value is -0.120. The van der Waals surface area contributed by atoms with Crippen LogP contribution in [0.2, 0.25) is 0 Å². The summed E-state index contributed by atoms with van der Waals surface area (Å²) in [6.07, 6.45) is 2.68. The lowest BCUT2D eigenvalue weighted by atomic mass is 10.2. The van der Waals surface area contributed by atoms with Gasteiger partial charge in [0.05, 0.1) is 12.6 Å². The van der Waals surface area contributed by atoms with Crippen molar-refractivity contribution in [1.29, 1.82) is 0 Å². The molecule has 0 aromatic heterocycles. The van der Waals surface area contributed by atoms with E-state index in [1.54, 1.807) is 0 Å². The van der Waals surface area contributed by atoms with E-state index in [1.807, 2.05) is 0 Å². The number of hydrogen-bond acceptors (Lipinski definition) is 4. The van der Waals surface area contributed by atoms with E-state index in [0.717, 1.165) is 58.3 Å². The molecular weight excluding hydrogens is 417 g/mol. The number of nitrogens with zero attached hydrogens (tertiary/aromatic N) is 3. The third-order valence-corrected chi connectivity index (χ3v) is 4.86. The summed E-state index contributed by atoms with van der Waals surface area (Å²) in [5.41, 5.74) is 0. The van der Waals surface area contributed by atoms with E-state index >= 15 is 0 Å². The van der Waals surface area contributed by atoms with E-state index in [0.29, 0.717) is 12.1 Å². The maximum Gasteiger partial charge on any atom is 0.191 e. The summed E-state index contributed by atoms with van der Waals surface area (Å²) in [5.74, 6) is 0.919. The number of ether oxygens (including phenoxy) is 1. The van der Waals surface area contributed by atoms with Crippen LogP contribution in [0.4, 0.5) is 0 Å². The third-order valence-electron chi connectivity index (χ3n) is 4.86. The molecule has 2 N–H and O–H groups in total. The standard InChI is InChI=1S/C17H35N5O.HI/c1-4-18-17(20-14-16-7-6-12-23-16)19-13-15(3)22-10-8-21(5-2)9-11-22;/h15-16H,4-14H2,1-3H3,(H2,18,19,20);1H. The molecule has 142 valence electrons. The molecule has 0 aliphatic carbocycles. The molecule has 0 radical (unpaired) electrons. The summed E-state index contributed by atoms with van der Waals surface area (Å²) in [5, 5.41) is 6.76. The molecule has 7 heteroatoms. The number of likely N-dealkylation sites (N-methyl/N-ethyl adjacent to an activating group) is 1. The lowest BCUT2D eigenvalue weighted by molar-refractivity contribution is 0.109. The van der Waals surface area contributed by atoms with Crippen LogP contribution in [0.5, 0.6) is 0 Å². The summed E-state index contributed by atoms with van der Waals surface area (Å²) in [4.78, 5) is 9.84. The van der Waals surface area contributed by atoms with Gasteiger partial charge in [0.15, 0.2) is 5.96 Å². The molecule has 2 aliphatic rings. The zero-order chi connectivity index (χ0) is 16.5. The molecule has 2 unspecified atom stereocenters. The Kier molecular flexibility index (Phi) is 11.2. The molecule has 2 rings (SSSR count). The minimum atomic E-state index is 0. The van der Waals surface area contributed by atoms with Crippen molar-refractivity contribution in [3.05, 3.63) is 0 Å². The monoisotopic (exact) mass is 453 g/mol. The van der Waals surface area contributed by atoms with Crippen LogP contribution < -0.4 is 10.6 Å². The van der Waals surface area contributed by atoms with Gasteiger partial charge in [0.2, 0.25) is 0 Å². The van der Waals surface area contributed by atoms with E-state index < -0.39 is 0 Å². The molecule has 6 nitrogen and oxygen atoms in total. The predicted octanol–water partition coefficient (Wildman–Crippen LogP) is 1.36. The Balaban J connectivity index is 0.00000288. The largest absolute Gasteiger partial charge is 0.376 e. The smallest absolute Gasteiger partial charge is 0.191 e. The Morgan fingerprint density at radius 2 is 1.96 bits per heavy atom. The fourth-order valence-corrected chi connectivity index (χ4v) is 3.22. The molecule has 2 fully saturated rings. The van der Waals surface area contributed by atoms with E-state index in [4.69, 9.17) is 9.73 Å². The lowest BCUT2D eigenvalue weighted by Crippen LogP contribution is -2.50. The van der Waals surface area contributed by atoms with Gasteiger partial charge in [-0.05, 0) is 33.2 Å². The van der Waals surface area contributed by atoms with E-state index in [2.05, 4.69) is 41.2 Å². The summed E-state index contributed by atoms with van der Waals surface area (Å²) in [6, 6.07) is 0.493. The predicted molar refractivity (Wildman–Crippen MR) is 112 cm³/mol. The molecule has 24 heavy (non-hydrogen) atoms. The summed E-state index contributed by atoms with van der Waals surface area (Å²) in [7, 11) is 0. The number of halogens is 1. The number of nitrogens with one attached hydrogen (secondary N) is 2. The fraction of sp³-hybridized carbons (Fsp3) is 0.941. The SMILES string of the molecule is CCNC(=NCC(C)N1CCN(CC)CC1)NCC1CCCO1.I. The molecule has 0 amide bonds. The van der Waals surface area contributed by atoms with Crippen molar-refractivity contribution in [2.45, 2.75) is 45.8 Å². The summed E-state index contributed by atoms with van der Waals surface area (Å²) < 4.78 is 5.66. The van der Waals surface area contributed by atoms with Crippen LogP contribution in [0.3, 0.4) is 0 Å². The van der Waals surface area contributed by atoms with Crippen LogP contribution in [0.15, 0.2) is 4.99 Å². The highest BCUT2D eigenvalue weighted by molar-refractivity contribution is 14.0.